The Labute approximate surface area is 183 Å². The van der Waals surface area contributed by atoms with E-state index >= 15 is 0 Å². The molecule has 0 radical (unpaired) electrons. The highest BCUT2D eigenvalue weighted by atomic mass is 19.4. The van der Waals surface area contributed by atoms with E-state index in [4.69, 9.17) is 14.5 Å². The SMILES string of the molecule is Cc1nc([C@H]2CCC[C@@H](Nc3ncc(C(F)(F)F)c(OC4COC4)n3)C2)n2ccccc12. The lowest BCUT2D eigenvalue weighted by Crippen LogP contribution is -2.39. The van der Waals surface area contributed by atoms with Crippen LogP contribution in [0.15, 0.2) is 30.6 Å². The third kappa shape index (κ3) is 4.11. The molecular formula is C22H24F3N5O2. The monoisotopic (exact) mass is 447 g/mol. The number of aromatic nitrogens is 4. The zero-order valence-electron chi connectivity index (χ0n) is 17.6. The second-order valence-electron chi connectivity index (χ2n) is 8.40. The van der Waals surface area contributed by atoms with Crippen molar-refractivity contribution in [1.29, 1.82) is 0 Å². The van der Waals surface area contributed by atoms with Gasteiger partial charge in [0.2, 0.25) is 11.8 Å². The molecular weight excluding hydrogens is 423 g/mol. The highest BCUT2D eigenvalue weighted by Gasteiger charge is 2.38. The molecule has 4 heterocycles. The molecule has 1 aliphatic carbocycles. The number of alkyl halides is 3. The van der Waals surface area contributed by atoms with Gasteiger partial charge in [-0.05, 0) is 38.3 Å². The molecule has 3 aromatic rings. The number of halogens is 3. The standard InChI is InChI=1S/C22H24F3N5O2/c1-13-18-7-2-3-8-30(18)19(27-13)14-5-4-6-15(9-14)28-21-26-10-17(22(23,24)25)20(29-21)32-16-11-31-12-16/h2-3,7-8,10,14-16H,4-6,9,11-12H2,1H3,(H,26,28,29)/t14-,15+/m0/s1. The molecule has 2 fully saturated rings. The third-order valence-electron chi connectivity index (χ3n) is 6.08. The first-order valence-electron chi connectivity index (χ1n) is 10.8. The fourth-order valence-electron chi connectivity index (χ4n) is 4.41. The van der Waals surface area contributed by atoms with Crippen molar-refractivity contribution in [3.63, 3.8) is 0 Å². The molecule has 5 rings (SSSR count). The topological polar surface area (TPSA) is 73.6 Å². The summed E-state index contributed by atoms with van der Waals surface area (Å²) in [6.45, 7) is 2.51. The number of anilines is 1. The minimum absolute atomic E-state index is 0.0294. The first-order valence-corrected chi connectivity index (χ1v) is 10.8. The zero-order chi connectivity index (χ0) is 22.3. The van der Waals surface area contributed by atoms with Gasteiger partial charge in [0.05, 0.1) is 24.4 Å². The zero-order valence-corrected chi connectivity index (χ0v) is 17.6. The van der Waals surface area contributed by atoms with Crippen LogP contribution < -0.4 is 10.1 Å². The summed E-state index contributed by atoms with van der Waals surface area (Å²) in [5.41, 5.74) is 1.10. The van der Waals surface area contributed by atoms with Crippen molar-refractivity contribution < 1.29 is 22.6 Å². The molecule has 7 nitrogen and oxygen atoms in total. The van der Waals surface area contributed by atoms with Crippen molar-refractivity contribution in [3.8, 4) is 5.88 Å². The van der Waals surface area contributed by atoms with Crippen molar-refractivity contribution in [3.05, 3.63) is 47.7 Å². The number of ether oxygens (including phenoxy) is 2. The molecule has 2 aliphatic rings. The molecule has 2 atom stereocenters. The van der Waals surface area contributed by atoms with Crippen LogP contribution in [0, 0.1) is 6.92 Å². The predicted octanol–water partition coefficient (Wildman–Crippen LogP) is 4.37. The second-order valence-corrected chi connectivity index (χ2v) is 8.40. The molecule has 170 valence electrons. The van der Waals surface area contributed by atoms with Crippen LogP contribution in [0.4, 0.5) is 19.1 Å². The lowest BCUT2D eigenvalue weighted by atomic mass is 9.85. The minimum Gasteiger partial charge on any atom is -0.469 e. The number of hydrogen-bond acceptors (Lipinski definition) is 6. The number of nitrogens with zero attached hydrogens (tertiary/aromatic N) is 4. The van der Waals surface area contributed by atoms with Crippen molar-refractivity contribution in [1.82, 2.24) is 19.4 Å². The quantitative estimate of drug-likeness (QED) is 0.626. The second kappa shape index (κ2) is 8.23. The Balaban J connectivity index is 1.35. The van der Waals surface area contributed by atoms with Gasteiger partial charge in [0.25, 0.3) is 0 Å². The summed E-state index contributed by atoms with van der Waals surface area (Å²) in [6, 6.07) is 6.06. The Morgan fingerprint density at radius 3 is 2.78 bits per heavy atom. The summed E-state index contributed by atoms with van der Waals surface area (Å²) >= 11 is 0. The molecule has 1 N–H and O–H groups in total. The number of imidazole rings is 1. The van der Waals surface area contributed by atoms with Gasteiger partial charge in [0, 0.05) is 24.4 Å². The molecule has 32 heavy (non-hydrogen) atoms. The van der Waals surface area contributed by atoms with E-state index < -0.39 is 23.7 Å². The summed E-state index contributed by atoms with van der Waals surface area (Å²) in [5.74, 6) is 0.947. The number of hydrogen-bond donors (Lipinski definition) is 1. The van der Waals surface area contributed by atoms with Crippen LogP contribution in [0.3, 0.4) is 0 Å². The molecule has 0 spiro atoms. The fraction of sp³-hybridized carbons (Fsp3) is 0.500. The van der Waals surface area contributed by atoms with E-state index in [0.29, 0.717) is 0 Å². The molecule has 10 heteroatoms. The Morgan fingerprint density at radius 2 is 2.03 bits per heavy atom. The van der Waals surface area contributed by atoms with Gasteiger partial charge < -0.3 is 19.2 Å². The average molecular weight is 447 g/mol. The van der Waals surface area contributed by atoms with Gasteiger partial charge in [0.15, 0.2) is 0 Å². The molecule has 1 saturated carbocycles. The summed E-state index contributed by atoms with van der Waals surface area (Å²) in [5, 5.41) is 3.23. The van der Waals surface area contributed by atoms with Crippen molar-refractivity contribution >= 4 is 11.5 Å². The molecule has 3 aromatic heterocycles. The Morgan fingerprint density at radius 1 is 1.19 bits per heavy atom. The van der Waals surface area contributed by atoms with Gasteiger partial charge in [-0.25, -0.2) is 9.97 Å². The largest absolute Gasteiger partial charge is 0.469 e. The van der Waals surface area contributed by atoms with Gasteiger partial charge in [-0.1, -0.05) is 12.5 Å². The van der Waals surface area contributed by atoms with E-state index in [9.17, 15) is 13.2 Å². The summed E-state index contributed by atoms with van der Waals surface area (Å²) < 4.78 is 52.6. The van der Waals surface area contributed by atoms with E-state index in [-0.39, 0.29) is 31.1 Å². The number of fused-ring (bicyclic) bond motifs is 1. The molecule has 0 aromatic carbocycles. The molecule has 1 aliphatic heterocycles. The lowest BCUT2D eigenvalue weighted by molar-refractivity contribution is -0.142. The normalized spacial score (nSPS) is 22.0. The number of aryl methyl sites for hydroxylation is 1. The highest BCUT2D eigenvalue weighted by Crippen LogP contribution is 2.37. The maximum absolute atomic E-state index is 13.4. The van der Waals surface area contributed by atoms with Crippen molar-refractivity contribution in [2.24, 2.45) is 0 Å². The average Bonchev–Trinajstić information content (AvgIpc) is 3.07. The smallest absolute Gasteiger partial charge is 0.423 e. The van der Waals surface area contributed by atoms with Crippen LogP contribution in [0.2, 0.25) is 0 Å². The Bertz CT molecular complexity index is 1110. The lowest BCUT2D eigenvalue weighted by Gasteiger charge is -2.30. The van der Waals surface area contributed by atoms with Crippen LogP contribution in [0.5, 0.6) is 5.88 Å². The molecule has 0 amide bonds. The summed E-state index contributed by atoms with van der Waals surface area (Å²) in [7, 11) is 0. The van der Waals surface area contributed by atoms with E-state index in [0.717, 1.165) is 48.9 Å². The third-order valence-corrected chi connectivity index (χ3v) is 6.08. The Hall–Kier alpha value is -2.88. The van der Waals surface area contributed by atoms with Crippen LogP contribution in [-0.4, -0.2) is 44.7 Å². The number of pyridine rings is 1. The number of rotatable bonds is 5. The van der Waals surface area contributed by atoms with Gasteiger partial charge >= 0.3 is 6.18 Å². The molecule has 0 unspecified atom stereocenters. The fourth-order valence-corrected chi connectivity index (χ4v) is 4.41. The minimum atomic E-state index is -4.59. The first-order chi connectivity index (χ1) is 15.4. The summed E-state index contributed by atoms with van der Waals surface area (Å²) in [4.78, 5) is 12.8. The highest BCUT2D eigenvalue weighted by molar-refractivity contribution is 5.52. The van der Waals surface area contributed by atoms with Crippen LogP contribution >= 0.6 is 0 Å². The van der Waals surface area contributed by atoms with Gasteiger partial charge in [-0.15, -0.1) is 0 Å². The van der Waals surface area contributed by atoms with Gasteiger partial charge in [-0.3, -0.25) is 0 Å². The Kier molecular flexibility index (Phi) is 5.40. The van der Waals surface area contributed by atoms with Gasteiger partial charge in [-0.2, -0.15) is 18.2 Å². The molecule has 0 bridgehead atoms. The predicted molar refractivity (Wildman–Crippen MR) is 111 cm³/mol. The van der Waals surface area contributed by atoms with Gasteiger partial charge in [0.1, 0.15) is 17.5 Å². The maximum Gasteiger partial charge on any atom is 0.423 e. The van der Waals surface area contributed by atoms with Crippen LogP contribution in [0.1, 0.15) is 48.7 Å². The van der Waals surface area contributed by atoms with E-state index in [1.165, 1.54) is 0 Å². The first kappa shape index (κ1) is 21.0. The summed E-state index contributed by atoms with van der Waals surface area (Å²) in [6.07, 6.45) is 1.47. The van der Waals surface area contributed by atoms with E-state index in [1.807, 2.05) is 25.3 Å². The maximum atomic E-state index is 13.4. The number of nitrogens with one attached hydrogen (secondary N) is 1. The van der Waals surface area contributed by atoms with Crippen LogP contribution in [0.25, 0.3) is 5.52 Å². The van der Waals surface area contributed by atoms with Crippen molar-refractivity contribution in [2.75, 3.05) is 18.5 Å². The van der Waals surface area contributed by atoms with E-state index in [1.54, 1.807) is 0 Å². The van der Waals surface area contributed by atoms with E-state index in [2.05, 4.69) is 25.8 Å². The van der Waals surface area contributed by atoms with Crippen molar-refractivity contribution in [2.45, 2.75) is 56.8 Å². The molecule has 1 saturated heterocycles. The van der Waals surface area contributed by atoms with Crippen LogP contribution in [-0.2, 0) is 10.9 Å².